The van der Waals surface area contributed by atoms with E-state index in [1.54, 1.807) is 0 Å². The molecule has 5 nitrogen and oxygen atoms in total. The Hall–Kier alpha value is -1.51. The van der Waals surface area contributed by atoms with Gasteiger partial charge in [0, 0.05) is 23.1 Å². The highest BCUT2D eigenvalue weighted by molar-refractivity contribution is 6.34. The molecular weight excluding hydrogens is 374 g/mol. The van der Waals surface area contributed by atoms with Crippen LogP contribution in [0.25, 0.3) is 0 Å². The van der Waals surface area contributed by atoms with Crippen LogP contribution in [0.1, 0.15) is 11.7 Å². The van der Waals surface area contributed by atoms with Gasteiger partial charge >= 0.3 is 12.1 Å². The van der Waals surface area contributed by atoms with E-state index < -0.39 is 49.1 Å². The summed E-state index contributed by atoms with van der Waals surface area (Å²) in [7, 11) is 0. The molecule has 0 bridgehead atoms. The lowest BCUT2D eigenvalue weighted by Crippen LogP contribution is -2.35. The Morgan fingerprint density at radius 3 is 2.12 bits per heavy atom. The third-order valence-electron chi connectivity index (χ3n) is 3.80. The topological polar surface area (TPSA) is 77.8 Å². The monoisotopic (exact) mass is 385 g/mol. The first-order chi connectivity index (χ1) is 11.0. The van der Waals surface area contributed by atoms with Crippen LogP contribution in [0, 0.1) is 11.8 Å². The van der Waals surface area contributed by atoms with Crippen molar-refractivity contribution in [2.45, 2.75) is 12.3 Å². The van der Waals surface area contributed by atoms with Crippen molar-refractivity contribution in [1.82, 2.24) is 4.90 Å². The van der Waals surface area contributed by atoms with Crippen LogP contribution in [0.2, 0.25) is 10.0 Å². The number of alkyl halides is 3. The molecule has 1 heterocycles. The van der Waals surface area contributed by atoms with E-state index in [4.69, 9.17) is 28.3 Å². The average molecular weight is 386 g/mol. The summed E-state index contributed by atoms with van der Waals surface area (Å²) in [5.41, 5.74) is 0.0137. The van der Waals surface area contributed by atoms with Crippen molar-refractivity contribution in [3.63, 3.8) is 0 Å². The van der Waals surface area contributed by atoms with Crippen molar-refractivity contribution in [1.29, 1.82) is 0 Å². The number of carboxylic acids is 1. The largest absolute Gasteiger partial charge is 0.481 e. The summed E-state index contributed by atoms with van der Waals surface area (Å²) in [4.78, 5) is 23.9. The van der Waals surface area contributed by atoms with Gasteiger partial charge in [-0.1, -0.05) is 23.2 Å². The van der Waals surface area contributed by atoms with E-state index in [2.05, 4.69) is 0 Å². The number of aliphatic carboxylic acids is 1. The maximum Gasteiger partial charge on any atom is 0.394 e. The molecule has 1 amide bonds. The van der Waals surface area contributed by atoms with Crippen molar-refractivity contribution < 1.29 is 33.0 Å². The quantitative estimate of drug-likeness (QED) is 0.838. The van der Waals surface area contributed by atoms with Crippen LogP contribution < -0.4 is 0 Å². The average Bonchev–Trinajstić information content (AvgIpc) is 2.90. The normalized spacial score (nSPS) is 22.5. The van der Waals surface area contributed by atoms with Gasteiger partial charge in [0.15, 0.2) is 6.10 Å². The highest BCUT2D eigenvalue weighted by Gasteiger charge is 2.54. The van der Waals surface area contributed by atoms with Gasteiger partial charge in [0.05, 0.1) is 11.8 Å². The lowest BCUT2D eigenvalue weighted by molar-refractivity contribution is -0.188. The number of rotatable bonds is 3. The minimum absolute atomic E-state index is 0.0137. The van der Waals surface area contributed by atoms with Gasteiger partial charge in [0.2, 0.25) is 0 Å². The molecule has 2 N–H and O–H groups in total. The van der Waals surface area contributed by atoms with Crippen molar-refractivity contribution in [2.75, 3.05) is 13.1 Å². The Morgan fingerprint density at radius 2 is 1.71 bits per heavy atom. The number of nitrogens with zero attached hydrogens (tertiary/aromatic N) is 1. The fraction of sp³-hybridized carbons (Fsp3) is 0.429. The lowest BCUT2D eigenvalue weighted by atomic mass is 9.96. The van der Waals surface area contributed by atoms with Crippen molar-refractivity contribution in [2.24, 2.45) is 11.8 Å². The number of hydrogen-bond donors (Lipinski definition) is 2. The molecule has 10 heteroatoms. The standard InChI is InChI=1S/C14H12Cl2F3NO4/c15-7-1-6(2-8(16)3-7)11(21)12(22)20-4-9(13(23)24)10(5-20)14(17,18)19/h1-3,9-11,21H,4-5H2,(H,23,24)/t9-,10-,11?/m1/s1. The molecule has 1 aromatic carbocycles. The lowest BCUT2D eigenvalue weighted by Gasteiger charge is -2.21. The molecule has 24 heavy (non-hydrogen) atoms. The first-order valence-corrected chi connectivity index (χ1v) is 7.48. The summed E-state index contributed by atoms with van der Waals surface area (Å²) in [5, 5.41) is 19.3. The summed E-state index contributed by atoms with van der Waals surface area (Å²) < 4.78 is 38.8. The molecule has 1 unspecified atom stereocenters. The van der Waals surface area contributed by atoms with Gasteiger partial charge in [-0.3, -0.25) is 9.59 Å². The van der Waals surface area contributed by atoms with Crippen LogP contribution in [0.5, 0.6) is 0 Å². The zero-order valence-electron chi connectivity index (χ0n) is 11.9. The number of aliphatic hydroxyl groups is 1. The summed E-state index contributed by atoms with van der Waals surface area (Å²) in [6.45, 7) is -1.46. The van der Waals surface area contributed by atoms with Gasteiger partial charge in [-0.25, -0.2) is 0 Å². The van der Waals surface area contributed by atoms with Crippen molar-refractivity contribution in [3.05, 3.63) is 33.8 Å². The fourth-order valence-electron chi connectivity index (χ4n) is 2.61. The van der Waals surface area contributed by atoms with E-state index in [-0.39, 0.29) is 15.6 Å². The molecule has 0 aliphatic carbocycles. The molecule has 1 aliphatic rings. The van der Waals surface area contributed by atoms with Crippen molar-refractivity contribution in [3.8, 4) is 0 Å². The second kappa shape index (κ2) is 6.78. The molecule has 2 rings (SSSR count). The molecule has 0 aromatic heterocycles. The summed E-state index contributed by atoms with van der Waals surface area (Å²) in [6.07, 6.45) is -6.55. The number of aliphatic hydroxyl groups excluding tert-OH is 1. The number of halogens is 5. The summed E-state index contributed by atoms with van der Waals surface area (Å²) >= 11 is 11.5. The van der Waals surface area contributed by atoms with E-state index in [0.29, 0.717) is 4.90 Å². The van der Waals surface area contributed by atoms with Gasteiger partial charge in [-0.2, -0.15) is 13.2 Å². The first kappa shape index (κ1) is 18.8. The molecule has 0 saturated carbocycles. The van der Waals surface area contributed by atoms with E-state index in [1.165, 1.54) is 18.2 Å². The molecule has 1 saturated heterocycles. The number of carboxylic acid groups (broad SMARTS) is 1. The third-order valence-corrected chi connectivity index (χ3v) is 4.24. The molecule has 1 aliphatic heterocycles. The highest BCUT2D eigenvalue weighted by atomic mass is 35.5. The smallest absolute Gasteiger partial charge is 0.394 e. The van der Waals surface area contributed by atoms with Crippen molar-refractivity contribution >= 4 is 35.1 Å². The van der Waals surface area contributed by atoms with Crippen LogP contribution in [-0.2, 0) is 9.59 Å². The molecule has 132 valence electrons. The van der Waals surface area contributed by atoms with Gasteiger partial charge < -0.3 is 15.1 Å². The van der Waals surface area contributed by atoms with Crippen LogP contribution in [0.4, 0.5) is 13.2 Å². The Balaban J connectivity index is 2.22. The number of benzene rings is 1. The molecule has 1 fully saturated rings. The number of amides is 1. The Morgan fingerprint density at radius 1 is 1.17 bits per heavy atom. The SMILES string of the molecule is O=C(O)[C@@H]1CN(C(=O)C(O)c2cc(Cl)cc(Cl)c2)C[C@H]1C(F)(F)F. The van der Waals surface area contributed by atoms with E-state index in [0.717, 1.165) is 0 Å². The van der Waals surface area contributed by atoms with Gasteiger partial charge in [-0.05, 0) is 23.8 Å². The zero-order chi connectivity index (χ0) is 18.2. The fourth-order valence-corrected chi connectivity index (χ4v) is 3.16. The zero-order valence-corrected chi connectivity index (χ0v) is 13.4. The van der Waals surface area contributed by atoms with E-state index in [1.807, 2.05) is 0 Å². The second-order valence-electron chi connectivity index (χ2n) is 5.44. The molecular formula is C14H12Cl2F3NO4. The van der Waals surface area contributed by atoms with Gasteiger partial charge in [0.25, 0.3) is 5.91 Å². The van der Waals surface area contributed by atoms with Gasteiger partial charge in [0.1, 0.15) is 0 Å². The van der Waals surface area contributed by atoms with Crippen LogP contribution >= 0.6 is 23.2 Å². The maximum atomic E-state index is 12.9. The maximum absolute atomic E-state index is 12.9. The first-order valence-electron chi connectivity index (χ1n) is 6.73. The molecule has 0 radical (unpaired) electrons. The Kier molecular flexibility index (Phi) is 5.31. The number of likely N-dealkylation sites (tertiary alicyclic amines) is 1. The number of carbonyl (C=O) groups excluding carboxylic acids is 1. The number of carbonyl (C=O) groups is 2. The van der Waals surface area contributed by atoms with E-state index in [9.17, 15) is 27.9 Å². The van der Waals surface area contributed by atoms with Crippen LogP contribution in [-0.4, -0.2) is 46.3 Å². The molecule has 0 spiro atoms. The summed E-state index contributed by atoms with van der Waals surface area (Å²) in [6, 6.07) is 3.86. The predicted octanol–water partition coefficient (Wildman–Crippen LogP) is 2.75. The Labute approximate surface area is 144 Å². The Bertz CT molecular complexity index is 648. The third kappa shape index (κ3) is 3.93. The van der Waals surface area contributed by atoms with E-state index >= 15 is 0 Å². The summed E-state index contributed by atoms with van der Waals surface area (Å²) in [5.74, 6) is -6.64. The molecule has 1 aromatic rings. The van der Waals surface area contributed by atoms with Gasteiger partial charge in [-0.15, -0.1) is 0 Å². The second-order valence-corrected chi connectivity index (χ2v) is 6.31. The predicted molar refractivity (Wildman–Crippen MR) is 78.7 cm³/mol. The molecule has 3 atom stereocenters. The number of hydrogen-bond acceptors (Lipinski definition) is 3. The van der Waals surface area contributed by atoms with Crippen LogP contribution in [0.15, 0.2) is 18.2 Å². The minimum Gasteiger partial charge on any atom is -0.481 e. The highest BCUT2D eigenvalue weighted by Crippen LogP contribution is 2.38. The van der Waals surface area contributed by atoms with Crippen LogP contribution in [0.3, 0.4) is 0 Å². The minimum atomic E-state index is -4.76.